The van der Waals surface area contributed by atoms with E-state index in [4.69, 9.17) is 11.6 Å². The topological polar surface area (TPSA) is 50.4 Å². The second kappa shape index (κ2) is 5.82. The van der Waals surface area contributed by atoms with E-state index < -0.39 is 0 Å². The van der Waals surface area contributed by atoms with Gasteiger partial charge in [-0.2, -0.15) is 0 Å². The fourth-order valence-corrected chi connectivity index (χ4v) is 3.92. The van der Waals surface area contributed by atoms with Gasteiger partial charge in [-0.15, -0.1) is 10.2 Å². The zero-order valence-corrected chi connectivity index (χ0v) is 15.3. The lowest BCUT2D eigenvalue weighted by molar-refractivity contribution is 0.219. The summed E-state index contributed by atoms with van der Waals surface area (Å²) >= 11 is 6.07. The number of halogens is 1. The smallest absolute Gasteiger partial charge is 0.164 e. The van der Waals surface area contributed by atoms with Crippen LogP contribution in [0.15, 0.2) is 42.6 Å². The summed E-state index contributed by atoms with van der Waals surface area (Å²) in [6.07, 6.45) is 5.32. The predicted molar refractivity (Wildman–Crippen MR) is 99.2 cm³/mol. The molecular formula is C20H22ClN3O. The molecule has 0 bridgehead atoms. The van der Waals surface area contributed by atoms with Crippen LogP contribution in [0.25, 0.3) is 5.65 Å². The molecule has 4 rings (SSSR count). The number of aliphatic hydroxyl groups excluding tert-OH is 1. The van der Waals surface area contributed by atoms with Crippen molar-refractivity contribution in [3.63, 3.8) is 0 Å². The van der Waals surface area contributed by atoms with Crippen LogP contribution in [-0.4, -0.2) is 26.3 Å². The van der Waals surface area contributed by atoms with Gasteiger partial charge in [0.2, 0.25) is 0 Å². The molecule has 0 aliphatic heterocycles. The Kier molecular flexibility index (Phi) is 3.85. The number of aliphatic hydroxyl groups is 1. The van der Waals surface area contributed by atoms with E-state index in [1.165, 1.54) is 12.0 Å². The Labute approximate surface area is 152 Å². The van der Waals surface area contributed by atoms with Crippen molar-refractivity contribution >= 4 is 17.2 Å². The summed E-state index contributed by atoms with van der Waals surface area (Å²) in [7, 11) is 0. The Morgan fingerprint density at radius 1 is 1.16 bits per heavy atom. The molecule has 1 aliphatic rings. The lowest BCUT2D eigenvalue weighted by Crippen LogP contribution is -2.37. The molecule has 25 heavy (non-hydrogen) atoms. The van der Waals surface area contributed by atoms with Crippen LogP contribution in [0.4, 0.5) is 0 Å². The molecular weight excluding hydrogens is 334 g/mol. The van der Waals surface area contributed by atoms with Gasteiger partial charge in [-0.25, -0.2) is 0 Å². The van der Waals surface area contributed by atoms with E-state index >= 15 is 0 Å². The summed E-state index contributed by atoms with van der Waals surface area (Å²) in [5.74, 6) is 0.978. The van der Waals surface area contributed by atoms with Crippen molar-refractivity contribution in [2.24, 2.45) is 0 Å². The average molecular weight is 356 g/mol. The van der Waals surface area contributed by atoms with Crippen molar-refractivity contribution in [3.8, 4) is 0 Å². The fraction of sp³-hybridized carbons (Fsp3) is 0.400. The van der Waals surface area contributed by atoms with Gasteiger partial charge in [-0.3, -0.25) is 4.40 Å². The summed E-state index contributed by atoms with van der Waals surface area (Å²) in [6.45, 7) is 4.11. The predicted octanol–water partition coefficient (Wildman–Crippen LogP) is 4.12. The first-order valence-electron chi connectivity index (χ1n) is 8.70. The van der Waals surface area contributed by atoms with Gasteiger partial charge in [0.25, 0.3) is 0 Å². The average Bonchev–Trinajstić information content (AvgIpc) is 3.00. The van der Waals surface area contributed by atoms with Gasteiger partial charge in [0.1, 0.15) is 5.82 Å². The van der Waals surface area contributed by atoms with Crippen LogP contribution in [0, 0.1) is 0 Å². The van der Waals surface area contributed by atoms with Crippen molar-refractivity contribution in [2.45, 2.75) is 43.9 Å². The molecule has 0 spiro atoms. The molecule has 1 aliphatic carbocycles. The van der Waals surface area contributed by atoms with Crippen LogP contribution in [0.5, 0.6) is 0 Å². The van der Waals surface area contributed by atoms with Crippen LogP contribution in [0.3, 0.4) is 0 Å². The number of nitrogens with zero attached hydrogens (tertiary/aromatic N) is 3. The Hall–Kier alpha value is -1.91. The highest BCUT2D eigenvalue weighted by Crippen LogP contribution is 2.48. The minimum atomic E-state index is -0.361. The Bertz CT molecular complexity index is 910. The number of hydrogen-bond acceptors (Lipinski definition) is 3. The van der Waals surface area contributed by atoms with Crippen molar-refractivity contribution < 1.29 is 5.11 Å². The van der Waals surface area contributed by atoms with Crippen LogP contribution >= 0.6 is 11.6 Å². The molecule has 5 heteroatoms. The van der Waals surface area contributed by atoms with Crippen LogP contribution < -0.4 is 0 Å². The largest absolute Gasteiger partial charge is 0.395 e. The van der Waals surface area contributed by atoms with Crippen LogP contribution in [-0.2, 0) is 10.8 Å². The van der Waals surface area contributed by atoms with Gasteiger partial charge in [0.05, 0.1) is 12.0 Å². The normalized spacial score (nSPS) is 16.8. The third kappa shape index (κ3) is 2.47. The van der Waals surface area contributed by atoms with E-state index in [9.17, 15) is 5.11 Å². The van der Waals surface area contributed by atoms with Crippen molar-refractivity contribution in [3.05, 3.63) is 64.6 Å². The molecule has 1 N–H and O–H groups in total. The lowest BCUT2D eigenvalue weighted by Gasteiger charge is -2.41. The first kappa shape index (κ1) is 16.6. The van der Waals surface area contributed by atoms with E-state index in [1.54, 1.807) is 0 Å². The first-order valence-corrected chi connectivity index (χ1v) is 9.07. The van der Waals surface area contributed by atoms with E-state index in [-0.39, 0.29) is 17.4 Å². The van der Waals surface area contributed by atoms with E-state index in [2.05, 4.69) is 26.7 Å². The van der Waals surface area contributed by atoms with Crippen LogP contribution in [0.2, 0.25) is 5.02 Å². The number of fused-ring (bicyclic) bond motifs is 1. The Balaban J connectivity index is 1.89. The molecule has 2 heterocycles. The number of pyridine rings is 1. The number of benzene rings is 1. The number of hydrogen-bond donors (Lipinski definition) is 1. The molecule has 2 aromatic heterocycles. The van der Waals surface area contributed by atoms with E-state index in [1.807, 2.05) is 44.3 Å². The van der Waals surface area contributed by atoms with Gasteiger partial charge >= 0.3 is 0 Å². The van der Waals surface area contributed by atoms with Gasteiger partial charge in [0.15, 0.2) is 5.65 Å². The second-order valence-electron chi connectivity index (χ2n) is 7.62. The van der Waals surface area contributed by atoms with E-state index in [0.29, 0.717) is 0 Å². The highest BCUT2D eigenvalue weighted by Gasteiger charge is 2.44. The summed E-state index contributed by atoms with van der Waals surface area (Å²) in [6, 6.07) is 12.1. The second-order valence-corrected chi connectivity index (χ2v) is 8.06. The molecule has 4 nitrogen and oxygen atoms in total. The lowest BCUT2D eigenvalue weighted by atomic mass is 9.64. The van der Waals surface area contributed by atoms with E-state index in [0.717, 1.165) is 34.9 Å². The van der Waals surface area contributed by atoms with Crippen molar-refractivity contribution in [2.75, 3.05) is 6.61 Å². The molecule has 0 amide bonds. The zero-order chi connectivity index (χ0) is 17.7. The third-order valence-corrected chi connectivity index (χ3v) is 5.84. The third-order valence-electron chi connectivity index (χ3n) is 5.59. The van der Waals surface area contributed by atoms with Gasteiger partial charge < -0.3 is 5.11 Å². The molecule has 130 valence electrons. The fourth-order valence-electron chi connectivity index (χ4n) is 3.80. The quantitative estimate of drug-likeness (QED) is 0.765. The Morgan fingerprint density at radius 2 is 1.88 bits per heavy atom. The monoisotopic (exact) mass is 355 g/mol. The summed E-state index contributed by atoms with van der Waals surface area (Å²) in [5.41, 5.74) is 2.62. The highest BCUT2D eigenvalue weighted by atomic mass is 35.5. The van der Waals surface area contributed by atoms with Crippen molar-refractivity contribution in [1.82, 2.24) is 14.6 Å². The molecule has 0 radical (unpaired) electrons. The number of aromatic nitrogens is 3. The van der Waals surface area contributed by atoms with Gasteiger partial charge in [0, 0.05) is 22.2 Å². The SMILES string of the molecule is CC(C)(CO)c1cccn2c(C3(c4ccc(Cl)cc4)CCC3)nnc12. The maximum atomic E-state index is 9.77. The maximum Gasteiger partial charge on any atom is 0.164 e. The highest BCUT2D eigenvalue weighted by molar-refractivity contribution is 6.30. The zero-order valence-electron chi connectivity index (χ0n) is 14.5. The first-order chi connectivity index (χ1) is 12.0. The summed E-state index contributed by atoms with van der Waals surface area (Å²) < 4.78 is 2.10. The minimum absolute atomic E-state index is 0.0667. The number of rotatable bonds is 4. The van der Waals surface area contributed by atoms with Crippen LogP contribution in [0.1, 0.15) is 50.1 Å². The molecule has 0 saturated heterocycles. The molecule has 0 atom stereocenters. The molecule has 1 saturated carbocycles. The molecule has 3 aromatic rings. The summed E-state index contributed by atoms with van der Waals surface area (Å²) in [4.78, 5) is 0. The molecule has 0 unspecified atom stereocenters. The maximum absolute atomic E-state index is 9.77. The minimum Gasteiger partial charge on any atom is -0.395 e. The van der Waals surface area contributed by atoms with Crippen molar-refractivity contribution in [1.29, 1.82) is 0 Å². The Morgan fingerprint density at radius 3 is 2.48 bits per heavy atom. The molecule has 1 fully saturated rings. The summed E-state index contributed by atoms with van der Waals surface area (Å²) in [5, 5.41) is 19.6. The van der Waals surface area contributed by atoms with Gasteiger partial charge in [-0.1, -0.05) is 50.1 Å². The standard InChI is InChI=1S/C20H22ClN3O/c1-19(2,13-25)16-5-3-12-24-17(16)22-23-18(24)20(10-4-11-20)14-6-8-15(21)9-7-14/h3,5-9,12,25H,4,10-11,13H2,1-2H3. The van der Waals surface area contributed by atoms with Gasteiger partial charge in [-0.05, 0) is 36.6 Å². The molecule has 1 aromatic carbocycles.